The summed E-state index contributed by atoms with van der Waals surface area (Å²) in [6.07, 6.45) is -9.24. The molecule has 3 rings (SSSR count). The third-order valence-corrected chi connectivity index (χ3v) is 4.34. The van der Waals surface area contributed by atoms with E-state index < -0.39 is 42.9 Å². The maximum absolute atomic E-state index is 13.5. The van der Waals surface area contributed by atoms with Gasteiger partial charge in [-0.15, -0.1) is 0 Å². The van der Waals surface area contributed by atoms with Gasteiger partial charge in [-0.1, -0.05) is 17.7 Å². The lowest BCUT2D eigenvalue weighted by Crippen LogP contribution is -2.14. The Morgan fingerprint density at radius 1 is 1.06 bits per heavy atom. The van der Waals surface area contributed by atoms with Crippen LogP contribution in [0.5, 0.6) is 11.8 Å². The number of alkyl halides is 6. The van der Waals surface area contributed by atoms with E-state index in [-0.39, 0.29) is 33.2 Å². The zero-order valence-electron chi connectivity index (χ0n) is 15.4. The van der Waals surface area contributed by atoms with Crippen molar-refractivity contribution in [1.82, 2.24) is 15.0 Å². The van der Waals surface area contributed by atoms with Crippen LogP contribution in [0.3, 0.4) is 0 Å². The van der Waals surface area contributed by atoms with Gasteiger partial charge in [0.15, 0.2) is 5.69 Å². The number of nitrogens with zero attached hydrogens (tertiary/aromatic N) is 4. The van der Waals surface area contributed by atoms with Crippen molar-refractivity contribution in [3.63, 3.8) is 0 Å². The summed E-state index contributed by atoms with van der Waals surface area (Å²) in [6.45, 7) is 0. The van der Waals surface area contributed by atoms with E-state index in [2.05, 4.69) is 15.0 Å². The van der Waals surface area contributed by atoms with Crippen LogP contribution in [0.15, 0.2) is 30.6 Å². The zero-order chi connectivity index (χ0) is 22.8. The molecular weight excluding hydrogens is 450 g/mol. The van der Waals surface area contributed by atoms with Gasteiger partial charge in [0.1, 0.15) is 11.8 Å². The van der Waals surface area contributed by atoms with Crippen LogP contribution in [0, 0.1) is 11.3 Å². The maximum Gasteiger partial charge on any atom is 0.434 e. The van der Waals surface area contributed by atoms with Crippen LogP contribution in [-0.4, -0.2) is 21.1 Å². The van der Waals surface area contributed by atoms with Crippen molar-refractivity contribution in [2.45, 2.75) is 31.6 Å². The van der Waals surface area contributed by atoms with Gasteiger partial charge in [-0.25, -0.2) is 15.0 Å². The fourth-order valence-corrected chi connectivity index (χ4v) is 3.04. The quantitative estimate of drug-likeness (QED) is 0.421. The molecule has 12 heteroatoms. The summed E-state index contributed by atoms with van der Waals surface area (Å²) >= 11 is 5.70. The molecule has 5 nitrogen and oxygen atoms in total. The second-order valence-corrected chi connectivity index (χ2v) is 6.76. The predicted octanol–water partition coefficient (Wildman–Crippen LogP) is 6.25. The molecule has 0 aliphatic carbocycles. The summed E-state index contributed by atoms with van der Waals surface area (Å²) in [5.41, 5.74) is -2.76. The van der Waals surface area contributed by atoms with E-state index in [1.807, 2.05) is 0 Å². The largest absolute Gasteiger partial charge is 0.434 e. The van der Waals surface area contributed by atoms with Crippen molar-refractivity contribution < 1.29 is 31.1 Å². The lowest BCUT2D eigenvalue weighted by Gasteiger charge is -2.17. The third-order valence-electron chi connectivity index (χ3n) is 4.14. The van der Waals surface area contributed by atoms with Gasteiger partial charge >= 0.3 is 18.4 Å². The monoisotopic (exact) mass is 460 g/mol. The molecule has 0 saturated heterocycles. The van der Waals surface area contributed by atoms with Crippen LogP contribution in [0.2, 0.25) is 5.02 Å². The SMILES string of the molecule is N#Cc1c(C(F)(F)F)nc2cccc(Oc3ncc(Cl)cn3)c2c1CCCC(F)(F)F. The lowest BCUT2D eigenvalue weighted by atomic mass is 9.95. The van der Waals surface area contributed by atoms with Crippen LogP contribution in [0.4, 0.5) is 26.3 Å². The maximum atomic E-state index is 13.5. The fourth-order valence-electron chi connectivity index (χ4n) is 2.94. The van der Waals surface area contributed by atoms with Crippen molar-refractivity contribution >= 4 is 22.5 Å². The highest BCUT2D eigenvalue weighted by Crippen LogP contribution is 2.39. The Kier molecular flexibility index (Phi) is 6.22. The Hall–Kier alpha value is -3.13. The minimum absolute atomic E-state index is 0.0206. The number of fused-ring (bicyclic) bond motifs is 1. The number of aryl methyl sites for hydroxylation is 1. The molecule has 0 saturated carbocycles. The number of rotatable bonds is 5. The summed E-state index contributed by atoms with van der Waals surface area (Å²) in [5.74, 6) is -0.0560. The highest BCUT2D eigenvalue weighted by molar-refractivity contribution is 6.30. The van der Waals surface area contributed by atoms with Crippen LogP contribution in [-0.2, 0) is 12.6 Å². The van der Waals surface area contributed by atoms with Gasteiger partial charge in [0.25, 0.3) is 0 Å². The Balaban J connectivity index is 2.19. The molecule has 0 aliphatic rings. The molecule has 0 radical (unpaired) electrons. The fraction of sp³-hybridized carbons (Fsp3) is 0.263. The highest BCUT2D eigenvalue weighted by atomic mass is 35.5. The molecule has 0 atom stereocenters. The number of hydrogen-bond acceptors (Lipinski definition) is 5. The molecule has 0 aliphatic heterocycles. The van der Waals surface area contributed by atoms with Gasteiger partial charge in [0, 0.05) is 11.8 Å². The second-order valence-electron chi connectivity index (χ2n) is 6.33. The van der Waals surface area contributed by atoms with Crippen molar-refractivity contribution in [3.8, 4) is 17.8 Å². The number of pyridine rings is 1. The Labute approximate surface area is 176 Å². The van der Waals surface area contributed by atoms with E-state index in [0.29, 0.717) is 0 Å². The average molecular weight is 461 g/mol. The van der Waals surface area contributed by atoms with Gasteiger partial charge in [-0.3, -0.25) is 0 Å². The molecule has 0 N–H and O–H groups in total. The molecule has 162 valence electrons. The Morgan fingerprint density at radius 2 is 1.74 bits per heavy atom. The normalized spacial score (nSPS) is 12.1. The van der Waals surface area contributed by atoms with Crippen molar-refractivity contribution in [1.29, 1.82) is 5.26 Å². The van der Waals surface area contributed by atoms with Gasteiger partial charge in [0.05, 0.1) is 28.5 Å². The minimum atomic E-state index is -4.98. The predicted molar refractivity (Wildman–Crippen MR) is 97.6 cm³/mol. The second kappa shape index (κ2) is 8.55. The van der Waals surface area contributed by atoms with Crippen molar-refractivity contribution in [3.05, 3.63) is 52.4 Å². The Morgan fingerprint density at radius 3 is 2.32 bits per heavy atom. The molecule has 0 fully saturated rings. The van der Waals surface area contributed by atoms with Crippen LogP contribution < -0.4 is 4.74 Å². The molecule has 2 heterocycles. The molecule has 0 spiro atoms. The molecule has 2 aromatic heterocycles. The first kappa shape index (κ1) is 22.6. The lowest BCUT2D eigenvalue weighted by molar-refractivity contribution is -0.141. The van der Waals surface area contributed by atoms with Gasteiger partial charge < -0.3 is 4.74 Å². The van der Waals surface area contributed by atoms with E-state index in [0.717, 1.165) is 0 Å². The molecule has 0 bridgehead atoms. The summed E-state index contributed by atoms with van der Waals surface area (Å²) in [4.78, 5) is 11.2. The van der Waals surface area contributed by atoms with E-state index in [1.54, 1.807) is 0 Å². The number of ether oxygens (including phenoxy) is 1. The molecule has 3 aromatic rings. The van der Waals surface area contributed by atoms with Crippen LogP contribution in [0.1, 0.15) is 29.7 Å². The molecule has 1 aromatic carbocycles. The van der Waals surface area contributed by atoms with Gasteiger partial charge in [-0.05, 0) is 30.5 Å². The van der Waals surface area contributed by atoms with Gasteiger partial charge in [-0.2, -0.15) is 31.6 Å². The molecule has 31 heavy (non-hydrogen) atoms. The standard InChI is InChI=1S/C19H11ClF6N4O/c20-10-8-28-17(29-9-10)31-14-5-1-4-13-15(14)11(3-2-6-18(21,22)23)12(7-27)16(30-13)19(24,25)26/h1,4-5,8-9H,2-3,6H2. The minimum Gasteiger partial charge on any atom is -0.424 e. The Bertz CT molecular complexity index is 1140. The smallest absolute Gasteiger partial charge is 0.424 e. The summed E-state index contributed by atoms with van der Waals surface area (Å²) < 4.78 is 83.8. The van der Waals surface area contributed by atoms with Crippen LogP contribution >= 0.6 is 11.6 Å². The van der Waals surface area contributed by atoms with Gasteiger partial charge in [0.2, 0.25) is 0 Å². The number of halogens is 7. The third kappa shape index (κ3) is 5.32. The van der Waals surface area contributed by atoms with E-state index in [9.17, 15) is 31.6 Å². The zero-order valence-corrected chi connectivity index (χ0v) is 16.1. The first-order valence-electron chi connectivity index (χ1n) is 8.64. The molecular formula is C19H11ClF6N4O. The average Bonchev–Trinajstić information content (AvgIpc) is 2.67. The first-order chi connectivity index (χ1) is 14.5. The van der Waals surface area contributed by atoms with E-state index in [1.165, 1.54) is 36.7 Å². The van der Waals surface area contributed by atoms with E-state index >= 15 is 0 Å². The summed E-state index contributed by atoms with van der Waals surface area (Å²) in [6, 6.07) is 5.21. The highest BCUT2D eigenvalue weighted by Gasteiger charge is 2.38. The topological polar surface area (TPSA) is 71.7 Å². The number of hydrogen-bond donors (Lipinski definition) is 0. The molecule has 0 amide bonds. The summed E-state index contributed by atoms with van der Waals surface area (Å²) in [5, 5.41) is 9.59. The van der Waals surface area contributed by atoms with E-state index in [4.69, 9.17) is 16.3 Å². The summed E-state index contributed by atoms with van der Waals surface area (Å²) in [7, 11) is 0. The van der Waals surface area contributed by atoms with Crippen molar-refractivity contribution in [2.24, 2.45) is 0 Å². The first-order valence-corrected chi connectivity index (χ1v) is 9.02. The number of aromatic nitrogens is 3. The molecule has 0 unspecified atom stereocenters. The van der Waals surface area contributed by atoms with Crippen LogP contribution in [0.25, 0.3) is 10.9 Å². The number of benzene rings is 1. The van der Waals surface area contributed by atoms with Crippen molar-refractivity contribution in [2.75, 3.05) is 0 Å². The number of nitriles is 1.